The topological polar surface area (TPSA) is 66.4 Å². The predicted octanol–water partition coefficient (Wildman–Crippen LogP) is 1.40. The summed E-state index contributed by atoms with van der Waals surface area (Å²) in [5, 5.41) is 11.8. The molecule has 0 aromatic heterocycles. The molecule has 2 fully saturated rings. The van der Waals surface area contributed by atoms with Crippen LogP contribution in [-0.4, -0.2) is 23.0 Å². The van der Waals surface area contributed by atoms with Gasteiger partial charge in [0.05, 0.1) is 11.8 Å². The van der Waals surface area contributed by atoms with Gasteiger partial charge in [0, 0.05) is 6.04 Å². The first-order valence-corrected chi connectivity index (χ1v) is 6.12. The number of carbonyl (C=O) groups is 2. The predicted molar refractivity (Wildman–Crippen MR) is 58.8 cm³/mol. The number of aliphatic carboxylic acids is 1. The molecule has 2 aliphatic carbocycles. The standard InChI is InChI=1S/C12H19NO3/c1-7-4-2-3-5-10(7)13-11(14)8-6-9(8)12(15)16/h7-10H,2-6H2,1H3,(H,13,14)(H,15,16)/t7?,8-,9+,10?/m1/s1. The number of carbonyl (C=O) groups excluding carboxylic acids is 1. The van der Waals surface area contributed by atoms with Gasteiger partial charge in [-0.05, 0) is 25.2 Å². The molecule has 1 amide bonds. The Morgan fingerprint density at radius 3 is 2.44 bits per heavy atom. The molecule has 0 aromatic carbocycles. The molecule has 16 heavy (non-hydrogen) atoms. The lowest BCUT2D eigenvalue weighted by Gasteiger charge is -2.29. The molecule has 4 heteroatoms. The maximum absolute atomic E-state index is 11.8. The fraction of sp³-hybridized carbons (Fsp3) is 0.833. The second-order valence-corrected chi connectivity index (χ2v) is 5.16. The Balaban J connectivity index is 1.81. The average Bonchev–Trinajstić information content (AvgIpc) is 3.01. The Kier molecular flexibility index (Phi) is 3.17. The third-order valence-corrected chi connectivity index (χ3v) is 3.88. The van der Waals surface area contributed by atoms with E-state index in [1.54, 1.807) is 0 Å². The Bertz CT molecular complexity index is 303. The van der Waals surface area contributed by atoms with E-state index in [4.69, 9.17) is 5.11 Å². The lowest BCUT2D eigenvalue weighted by Crippen LogP contribution is -2.42. The molecule has 4 nitrogen and oxygen atoms in total. The highest BCUT2D eigenvalue weighted by Gasteiger charge is 2.48. The Morgan fingerprint density at radius 1 is 1.19 bits per heavy atom. The number of hydrogen-bond donors (Lipinski definition) is 2. The summed E-state index contributed by atoms with van der Waals surface area (Å²) < 4.78 is 0. The lowest BCUT2D eigenvalue weighted by molar-refractivity contribution is -0.140. The molecule has 0 spiro atoms. The van der Waals surface area contributed by atoms with Crippen molar-refractivity contribution >= 4 is 11.9 Å². The maximum atomic E-state index is 11.8. The van der Waals surface area contributed by atoms with Crippen molar-refractivity contribution < 1.29 is 14.7 Å². The van der Waals surface area contributed by atoms with Gasteiger partial charge in [-0.3, -0.25) is 9.59 Å². The first-order valence-electron chi connectivity index (χ1n) is 6.12. The first-order chi connectivity index (χ1) is 7.59. The van der Waals surface area contributed by atoms with Crippen LogP contribution in [0.2, 0.25) is 0 Å². The minimum atomic E-state index is -0.836. The van der Waals surface area contributed by atoms with E-state index in [0.29, 0.717) is 12.3 Å². The van der Waals surface area contributed by atoms with E-state index in [1.165, 1.54) is 12.8 Å². The molecule has 0 bridgehead atoms. The second kappa shape index (κ2) is 4.44. The third-order valence-electron chi connectivity index (χ3n) is 3.88. The molecule has 2 N–H and O–H groups in total. The van der Waals surface area contributed by atoms with E-state index >= 15 is 0 Å². The van der Waals surface area contributed by atoms with Crippen LogP contribution in [0.5, 0.6) is 0 Å². The van der Waals surface area contributed by atoms with Gasteiger partial charge in [-0.25, -0.2) is 0 Å². The SMILES string of the molecule is CC1CCCCC1NC(=O)[C@@H]1C[C@@H]1C(=O)O. The van der Waals surface area contributed by atoms with E-state index in [-0.39, 0.29) is 17.9 Å². The van der Waals surface area contributed by atoms with Gasteiger partial charge >= 0.3 is 5.97 Å². The zero-order chi connectivity index (χ0) is 11.7. The van der Waals surface area contributed by atoms with Crippen molar-refractivity contribution in [3.8, 4) is 0 Å². The van der Waals surface area contributed by atoms with Crippen molar-refractivity contribution in [3.63, 3.8) is 0 Å². The van der Waals surface area contributed by atoms with Crippen molar-refractivity contribution in [2.24, 2.45) is 17.8 Å². The van der Waals surface area contributed by atoms with Gasteiger partial charge in [-0.1, -0.05) is 19.8 Å². The number of nitrogens with one attached hydrogen (secondary N) is 1. The molecule has 4 atom stereocenters. The van der Waals surface area contributed by atoms with Crippen LogP contribution in [0.4, 0.5) is 0 Å². The van der Waals surface area contributed by atoms with Crippen LogP contribution in [-0.2, 0) is 9.59 Å². The summed E-state index contributed by atoms with van der Waals surface area (Å²) in [7, 11) is 0. The summed E-state index contributed by atoms with van der Waals surface area (Å²) in [5.74, 6) is -1.06. The van der Waals surface area contributed by atoms with Crippen molar-refractivity contribution in [1.29, 1.82) is 0 Å². The zero-order valence-corrected chi connectivity index (χ0v) is 9.61. The zero-order valence-electron chi connectivity index (χ0n) is 9.61. The van der Waals surface area contributed by atoms with Gasteiger partial charge in [0.25, 0.3) is 0 Å². The van der Waals surface area contributed by atoms with E-state index in [1.807, 2.05) is 0 Å². The smallest absolute Gasteiger partial charge is 0.307 e. The monoisotopic (exact) mass is 225 g/mol. The first kappa shape index (κ1) is 11.4. The summed E-state index contributed by atoms with van der Waals surface area (Å²) in [5.41, 5.74) is 0. The molecule has 90 valence electrons. The van der Waals surface area contributed by atoms with Gasteiger partial charge in [0.1, 0.15) is 0 Å². The summed E-state index contributed by atoms with van der Waals surface area (Å²) >= 11 is 0. The third kappa shape index (κ3) is 2.36. The summed E-state index contributed by atoms with van der Waals surface area (Å²) in [6, 6.07) is 0.260. The maximum Gasteiger partial charge on any atom is 0.307 e. The van der Waals surface area contributed by atoms with E-state index < -0.39 is 11.9 Å². The highest BCUT2D eigenvalue weighted by Crippen LogP contribution is 2.39. The second-order valence-electron chi connectivity index (χ2n) is 5.16. The molecule has 2 aliphatic rings. The summed E-state index contributed by atoms with van der Waals surface area (Å²) in [4.78, 5) is 22.4. The van der Waals surface area contributed by atoms with Crippen molar-refractivity contribution in [2.45, 2.75) is 45.1 Å². The fourth-order valence-electron chi connectivity index (χ4n) is 2.58. The number of hydrogen-bond acceptors (Lipinski definition) is 2. The molecule has 0 heterocycles. The van der Waals surface area contributed by atoms with Crippen LogP contribution in [0, 0.1) is 17.8 Å². The number of rotatable bonds is 3. The van der Waals surface area contributed by atoms with E-state index in [0.717, 1.165) is 12.8 Å². The molecule has 0 aromatic rings. The van der Waals surface area contributed by atoms with Gasteiger partial charge in [-0.15, -0.1) is 0 Å². The fourth-order valence-corrected chi connectivity index (χ4v) is 2.58. The molecular weight excluding hydrogens is 206 g/mol. The minimum absolute atomic E-state index is 0.0499. The molecule has 2 saturated carbocycles. The minimum Gasteiger partial charge on any atom is -0.481 e. The molecule has 2 rings (SSSR count). The van der Waals surface area contributed by atoms with Gasteiger partial charge in [0.15, 0.2) is 0 Å². The van der Waals surface area contributed by atoms with Crippen LogP contribution in [0.15, 0.2) is 0 Å². The molecule has 0 radical (unpaired) electrons. The van der Waals surface area contributed by atoms with Crippen molar-refractivity contribution in [1.82, 2.24) is 5.32 Å². The van der Waals surface area contributed by atoms with Crippen LogP contribution in [0.3, 0.4) is 0 Å². The van der Waals surface area contributed by atoms with E-state index in [9.17, 15) is 9.59 Å². The molecule has 0 aliphatic heterocycles. The molecule has 0 saturated heterocycles. The Labute approximate surface area is 95.4 Å². The van der Waals surface area contributed by atoms with Crippen LogP contribution >= 0.6 is 0 Å². The lowest BCUT2D eigenvalue weighted by atomic mass is 9.86. The highest BCUT2D eigenvalue weighted by molar-refractivity contribution is 5.89. The number of amides is 1. The average molecular weight is 225 g/mol. The summed E-state index contributed by atoms with van der Waals surface area (Å²) in [6.45, 7) is 2.16. The number of carboxylic acids is 1. The van der Waals surface area contributed by atoms with Gasteiger partial charge in [0.2, 0.25) is 5.91 Å². The molecule has 2 unspecified atom stereocenters. The van der Waals surface area contributed by atoms with Gasteiger partial charge < -0.3 is 10.4 Å². The number of carboxylic acid groups (broad SMARTS) is 1. The largest absolute Gasteiger partial charge is 0.481 e. The quantitative estimate of drug-likeness (QED) is 0.763. The van der Waals surface area contributed by atoms with Crippen LogP contribution in [0.1, 0.15) is 39.0 Å². The normalized spacial score (nSPS) is 37.8. The Morgan fingerprint density at radius 2 is 1.88 bits per heavy atom. The van der Waals surface area contributed by atoms with Gasteiger partial charge in [-0.2, -0.15) is 0 Å². The van der Waals surface area contributed by atoms with Crippen molar-refractivity contribution in [3.05, 3.63) is 0 Å². The highest BCUT2D eigenvalue weighted by atomic mass is 16.4. The molecular formula is C12H19NO3. The van der Waals surface area contributed by atoms with E-state index in [2.05, 4.69) is 12.2 Å². The Hall–Kier alpha value is -1.06. The van der Waals surface area contributed by atoms with Crippen molar-refractivity contribution in [2.75, 3.05) is 0 Å². The van der Waals surface area contributed by atoms with Crippen LogP contribution < -0.4 is 5.32 Å². The summed E-state index contributed by atoms with van der Waals surface area (Å²) in [6.07, 6.45) is 5.13. The van der Waals surface area contributed by atoms with Crippen LogP contribution in [0.25, 0.3) is 0 Å².